The molecule has 2 fully saturated rings. The number of aryl methyl sites for hydroxylation is 2. The number of aromatic nitrogens is 4. The minimum absolute atomic E-state index is 0.0731. The van der Waals surface area contributed by atoms with Gasteiger partial charge in [-0.1, -0.05) is 35.3 Å². The number of amides is 4. The first-order valence-electron chi connectivity index (χ1n) is 20.3. The van der Waals surface area contributed by atoms with Gasteiger partial charge < -0.3 is 20.1 Å². The predicted molar refractivity (Wildman–Crippen MR) is 228 cm³/mol. The van der Waals surface area contributed by atoms with Crippen molar-refractivity contribution in [2.45, 2.75) is 85.1 Å². The molecule has 1 atom stereocenters. The normalized spacial score (nSPS) is 17.3. The average molecular weight is 863 g/mol. The van der Waals surface area contributed by atoms with E-state index in [0.717, 1.165) is 93.7 Å². The minimum atomic E-state index is -0.649. The standard InChI is InChI=1S/C44H48BrN9O5/c1-5-6-27-17-26(4)49-42(57)33(27)21-47-41(56)32-18-30(19-37-34(32)22-48-54(37)25(2)3)28-8-11-38(46-20-28)52-15-13-51(14-16-52)23-29-7-9-31-35(40(29)45)24-53(44(31)59)36-10-12-39(55)50-43(36)58/h7-9,11,17-20,22,25,36H,5-6,10,12-16,21,23-24H2,1-4H3,(H,47,56)(H,49,57)(H,50,55,58). The smallest absolute Gasteiger partial charge is 0.255 e. The van der Waals surface area contributed by atoms with Crippen LogP contribution in [0.3, 0.4) is 0 Å². The molecule has 3 N–H and O–H groups in total. The number of carbonyl (C=O) groups excluding carboxylic acids is 4. The number of H-pyrrole nitrogens is 1. The molecule has 6 heterocycles. The number of benzene rings is 2. The number of aromatic amines is 1. The maximum atomic E-state index is 13.9. The van der Waals surface area contributed by atoms with E-state index in [4.69, 9.17) is 4.98 Å². The highest BCUT2D eigenvalue weighted by Crippen LogP contribution is 2.36. The van der Waals surface area contributed by atoms with E-state index in [1.54, 1.807) is 11.1 Å². The van der Waals surface area contributed by atoms with E-state index in [9.17, 15) is 24.0 Å². The molecule has 3 aliphatic rings. The van der Waals surface area contributed by atoms with Crippen LogP contribution in [0.5, 0.6) is 0 Å². The van der Waals surface area contributed by atoms with Crippen molar-refractivity contribution in [2.24, 2.45) is 0 Å². The van der Waals surface area contributed by atoms with Gasteiger partial charge in [-0.15, -0.1) is 0 Å². The number of hydrogen-bond donors (Lipinski definition) is 3. The van der Waals surface area contributed by atoms with Gasteiger partial charge in [0, 0.05) is 96.7 Å². The molecule has 0 bridgehead atoms. The van der Waals surface area contributed by atoms with E-state index in [0.29, 0.717) is 36.2 Å². The van der Waals surface area contributed by atoms with Gasteiger partial charge in [-0.2, -0.15) is 5.10 Å². The van der Waals surface area contributed by atoms with Gasteiger partial charge in [0.15, 0.2) is 0 Å². The van der Waals surface area contributed by atoms with Gasteiger partial charge in [0.2, 0.25) is 11.8 Å². The molecule has 2 saturated heterocycles. The summed E-state index contributed by atoms with van der Waals surface area (Å²) in [5.41, 5.74) is 7.72. The highest BCUT2D eigenvalue weighted by molar-refractivity contribution is 9.10. The summed E-state index contributed by atoms with van der Waals surface area (Å²) in [5, 5.41) is 10.8. The highest BCUT2D eigenvalue weighted by Gasteiger charge is 2.40. The van der Waals surface area contributed by atoms with Crippen molar-refractivity contribution in [3.05, 3.63) is 109 Å². The summed E-state index contributed by atoms with van der Waals surface area (Å²) in [6.45, 7) is 12.4. The Morgan fingerprint density at radius 3 is 2.49 bits per heavy atom. The van der Waals surface area contributed by atoms with Crippen molar-refractivity contribution in [2.75, 3.05) is 31.1 Å². The average Bonchev–Trinajstić information content (AvgIpc) is 3.80. The number of halogens is 1. The topological polar surface area (TPSA) is 166 Å². The lowest BCUT2D eigenvalue weighted by Crippen LogP contribution is -2.52. The lowest BCUT2D eigenvalue weighted by atomic mass is 10.00. The van der Waals surface area contributed by atoms with E-state index in [1.807, 2.05) is 54.2 Å². The molecule has 2 aromatic carbocycles. The number of rotatable bonds is 11. The number of hydrogen-bond acceptors (Lipinski definition) is 9. The molecule has 3 aliphatic heterocycles. The van der Waals surface area contributed by atoms with Crippen LogP contribution in [-0.2, 0) is 35.6 Å². The monoisotopic (exact) mass is 861 g/mol. The third-order valence-electron chi connectivity index (χ3n) is 11.7. The summed E-state index contributed by atoms with van der Waals surface area (Å²) in [5.74, 6) is -0.307. The molecule has 59 heavy (non-hydrogen) atoms. The number of nitrogens with one attached hydrogen (secondary N) is 3. The zero-order chi connectivity index (χ0) is 41.5. The van der Waals surface area contributed by atoms with E-state index >= 15 is 0 Å². The molecule has 0 saturated carbocycles. The van der Waals surface area contributed by atoms with Gasteiger partial charge >= 0.3 is 0 Å². The molecule has 1 unspecified atom stereocenters. The van der Waals surface area contributed by atoms with Crippen LogP contribution in [0.2, 0.25) is 0 Å². The summed E-state index contributed by atoms with van der Waals surface area (Å²) >= 11 is 3.78. The number of piperidine rings is 1. The zero-order valence-corrected chi connectivity index (χ0v) is 35.3. The second-order valence-corrected chi connectivity index (χ2v) is 16.8. The Hall–Kier alpha value is -5.67. The number of fused-ring (bicyclic) bond motifs is 2. The Labute approximate surface area is 350 Å². The lowest BCUT2D eigenvalue weighted by Gasteiger charge is -2.35. The Morgan fingerprint density at radius 1 is 0.983 bits per heavy atom. The molecule has 5 aromatic rings. The number of piperazine rings is 1. The van der Waals surface area contributed by atoms with Crippen LogP contribution in [0.25, 0.3) is 22.0 Å². The van der Waals surface area contributed by atoms with Gasteiger partial charge in [0.25, 0.3) is 17.4 Å². The predicted octanol–water partition coefficient (Wildman–Crippen LogP) is 5.40. The molecular formula is C44H48BrN9O5. The number of imide groups is 1. The van der Waals surface area contributed by atoms with Crippen LogP contribution < -0.4 is 21.1 Å². The van der Waals surface area contributed by atoms with Crippen LogP contribution in [0.4, 0.5) is 5.82 Å². The van der Waals surface area contributed by atoms with Crippen molar-refractivity contribution in [1.29, 1.82) is 0 Å². The highest BCUT2D eigenvalue weighted by atomic mass is 79.9. The van der Waals surface area contributed by atoms with Crippen LogP contribution in [0, 0.1) is 6.92 Å². The van der Waals surface area contributed by atoms with Gasteiger partial charge in [-0.25, -0.2) is 4.98 Å². The molecule has 0 aliphatic carbocycles. The van der Waals surface area contributed by atoms with E-state index in [1.165, 1.54) is 0 Å². The maximum absolute atomic E-state index is 13.9. The second-order valence-electron chi connectivity index (χ2n) is 16.0. The number of carbonyl (C=O) groups is 4. The van der Waals surface area contributed by atoms with Crippen LogP contribution in [0.15, 0.2) is 64.1 Å². The van der Waals surface area contributed by atoms with Crippen LogP contribution in [-0.4, -0.2) is 85.4 Å². The van der Waals surface area contributed by atoms with Gasteiger partial charge in [0.05, 0.1) is 17.3 Å². The van der Waals surface area contributed by atoms with Gasteiger partial charge in [-0.05, 0) is 92.3 Å². The molecule has 3 aromatic heterocycles. The Kier molecular flexibility index (Phi) is 11.2. The number of nitrogens with zero attached hydrogens (tertiary/aromatic N) is 6. The van der Waals surface area contributed by atoms with Crippen LogP contribution >= 0.6 is 15.9 Å². The number of anilines is 1. The first-order valence-corrected chi connectivity index (χ1v) is 21.1. The fraction of sp³-hybridized carbons (Fsp3) is 0.386. The molecule has 0 spiro atoms. The second kappa shape index (κ2) is 16.5. The van der Waals surface area contributed by atoms with Gasteiger partial charge in [0.1, 0.15) is 11.9 Å². The largest absolute Gasteiger partial charge is 0.354 e. The van der Waals surface area contributed by atoms with E-state index in [-0.39, 0.29) is 42.3 Å². The first kappa shape index (κ1) is 40.1. The maximum Gasteiger partial charge on any atom is 0.255 e. The SMILES string of the molecule is CCCc1cc(C)[nH]c(=O)c1CNC(=O)c1cc(-c2ccc(N3CCN(Cc4ccc5c(c4Br)CN(C4CCC(=O)NC4=O)C5=O)CC3)nc2)cc2c1cnn2C(C)C. The quantitative estimate of drug-likeness (QED) is 0.148. The van der Waals surface area contributed by atoms with Crippen molar-refractivity contribution < 1.29 is 19.2 Å². The van der Waals surface area contributed by atoms with E-state index < -0.39 is 11.9 Å². The Balaban J connectivity index is 0.942. The number of pyridine rings is 2. The minimum Gasteiger partial charge on any atom is -0.354 e. The first-order chi connectivity index (χ1) is 28.4. The van der Waals surface area contributed by atoms with Crippen molar-refractivity contribution in [3.63, 3.8) is 0 Å². The Bertz CT molecular complexity index is 2540. The summed E-state index contributed by atoms with van der Waals surface area (Å²) in [7, 11) is 0. The van der Waals surface area contributed by atoms with Crippen LogP contribution in [0.1, 0.15) is 94.7 Å². The molecular weight excluding hydrogens is 814 g/mol. The van der Waals surface area contributed by atoms with E-state index in [2.05, 4.69) is 73.3 Å². The molecule has 14 nitrogen and oxygen atoms in total. The molecule has 8 rings (SSSR count). The fourth-order valence-electron chi connectivity index (χ4n) is 8.54. The summed E-state index contributed by atoms with van der Waals surface area (Å²) in [6.07, 6.45) is 5.78. The zero-order valence-electron chi connectivity index (χ0n) is 33.7. The summed E-state index contributed by atoms with van der Waals surface area (Å²) < 4.78 is 2.80. The summed E-state index contributed by atoms with van der Waals surface area (Å²) in [6, 6.07) is 13.2. The lowest BCUT2D eigenvalue weighted by molar-refractivity contribution is -0.136. The molecule has 0 radical (unpaired) electrons. The van der Waals surface area contributed by atoms with Crippen molar-refractivity contribution in [1.82, 2.24) is 40.2 Å². The molecule has 306 valence electrons. The molecule has 4 amide bonds. The van der Waals surface area contributed by atoms with Crippen molar-refractivity contribution in [3.8, 4) is 11.1 Å². The summed E-state index contributed by atoms with van der Waals surface area (Å²) in [4.78, 5) is 78.3. The van der Waals surface area contributed by atoms with Gasteiger partial charge in [-0.3, -0.25) is 38.9 Å². The fourth-order valence-corrected chi connectivity index (χ4v) is 9.14. The Morgan fingerprint density at radius 2 is 1.78 bits per heavy atom. The van der Waals surface area contributed by atoms with Crippen molar-refractivity contribution >= 4 is 56.3 Å². The third kappa shape index (κ3) is 7.93. The third-order valence-corrected chi connectivity index (χ3v) is 12.6. The molecule has 15 heteroatoms.